The highest BCUT2D eigenvalue weighted by Gasteiger charge is 2.25. The van der Waals surface area contributed by atoms with E-state index in [1.807, 2.05) is 12.2 Å². The molecule has 2 atom stereocenters. The van der Waals surface area contributed by atoms with Crippen LogP contribution in [-0.4, -0.2) is 49.3 Å². The molecule has 2 unspecified atom stereocenters. The van der Waals surface area contributed by atoms with Gasteiger partial charge in [-0.15, -0.1) is 0 Å². The molecule has 0 rings (SSSR count). The molecule has 9 nitrogen and oxygen atoms in total. The minimum atomic E-state index is -4.41. The number of hydrogen-bond acceptors (Lipinski definition) is 8. The summed E-state index contributed by atoms with van der Waals surface area (Å²) in [5, 5.41) is 0. The van der Waals surface area contributed by atoms with Crippen molar-refractivity contribution in [2.75, 3.05) is 26.4 Å². The summed E-state index contributed by atoms with van der Waals surface area (Å²) < 4.78 is 32.5. The van der Waals surface area contributed by atoms with Crippen LogP contribution in [0.2, 0.25) is 0 Å². The van der Waals surface area contributed by atoms with Gasteiger partial charge in [0.1, 0.15) is 6.61 Å². The summed E-state index contributed by atoms with van der Waals surface area (Å²) >= 11 is 0. The first kappa shape index (κ1) is 51.4. The fourth-order valence-corrected chi connectivity index (χ4v) is 5.26. The van der Waals surface area contributed by atoms with Crippen molar-refractivity contribution in [2.24, 2.45) is 5.73 Å². The molecule has 0 saturated heterocycles. The van der Waals surface area contributed by atoms with Crippen molar-refractivity contribution >= 4 is 19.8 Å². The summed E-state index contributed by atoms with van der Waals surface area (Å²) in [6.07, 6.45) is 54.0. The van der Waals surface area contributed by atoms with E-state index in [-0.39, 0.29) is 32.6 Å². The first-order valence-electron chi connectivity index (χ1n) is 20.0. The number of esters is 2. The van der Waals surface area contributed by atoms with Crippen LogP contribution in [0.3, 0.4) is 0 Å². The number of carbonyl (C=O) groups is 2. The SMILES string of the molecule is CC/C=C\C/C=C\C/C=C\C/C=C\C/C=C\CCCCCC(=O)OC(COC(=O)C/C=C\C/C=C\C/C=C\C/C=C\C/C=C\CC)COP(=O)(O)OCCN. The molecule has 0 fully saturated rings. The molecule has 308 valence electrons. The Morgan fingerprint density at radius 3 is 1.45 bits per heavy atom. The summed E-state index contributed by atoms with van der Waals surface area (Å²) in [7, 11) is -4.41. The van der Waals surface area contributed by atoms with Crippen molar-refractivity contribution in [2.45, 2.75) is 123 Å². The van der Waals surface area contributed by atoms with E-state index in [1.165, 1.54) is 0 Å². The molecule has 10 heteroatoms. The van der Waals surface area contributed by atoms with Crippen LogP contribution in [0, 0.1) is 0 Å². The summed E-state index contributed by atoms with van der Waals surface area (Å²) in [4.78, 5) is 34.7. The third-order valence-corrected chi connectivity index (χ3v) is 8.36. The van der Waals surface area contributed by atoms with E-state index in [4.69, 9.17) is 24.3 Å². The van der Waals surface area contributed by atoms with Crippen molar-refractivity contribution < 1.29 is 37.6 Å². The minimum Gasteiger partial charge on any atom is -0.461 e. The normalized spacial score (nSPS) is 14.6. The van der Waals surface area contributed by atoms with Gasteiger partial charge in [0.15, 0.2) is 6.10 Å². The number of phosphoric ester groups is 1. The topological polar surface area (TPSA) is 134 Å². The predicted molar refractivity (Wildman–Crippen MR) is 228 cm³/mol. The lowest BCUT2D eigenvalue weighted by atomic mass is 10.1. The number of nitrogens with two attached hydrogens (primary N) is 1. The molecule has 0 aliphatic carbocycles. The van der Waals surface area contributed by atoms with Crippen LogP contribution in [0.25, 0.3) is 0 Å². The number of rotatable bonds is 35. The maximum absolute atomic E-state index is 12.5. The molecule has 55 heavy (non-hydrogen) atoms. The lowest BCUT2D eigenvalue weighted by Gasteiger charge is -2.19. The van der Waals surface area contributed by atoms with Crippen LogP contribution >= 0.6 is 7.82 Å². The molecule has 0 saturated carbocycles. The maximum Gasteiger partial charge on any atom is 0.472 e. The van der Waals surface area contributed by atoms with E-state index in [2.05, 4.69) is 117 Å². The molecule has 0 aromatic carbocycles. The van der Waals surface area contributed by atoms with E-state index < -0.39 is 32.5 Å². The Kier molecular flexibility index (Phi) is 37.5. The lowest BCUT2D eigenvalue weighted by Crippen LogP contribution is -2.29. The van der Waals surface area contributed by atoms with Crippen molar-refractivity contribution in [3.63, 3.8) is 0 Å². The highest BCUT2D eigenvalue weighted by molar-refractivity contribution is 7.47. The quantitative estimate of drug-likeness (QED) is 0.0279. The van der Waals surface area contributed by atoms with Crippen LogP contribution in [0.1, 0.15) is 117 Å². The number of hydrogen-bond donors (Lipinski definition) is 2. The van der Waals surface area contributed by atoms with Crippen LogP contribution in [0.4, 0.5) is 0 Å². The Bertz CT molecular complexity index is 1310. The number of carbonyl (C=O) groups excluding carboxylic acids is 2. The molecule has 0 aliphatic rings. The highest BCUT2D eigenvalue weighted by Crippen LogP contribution is 2.43. The largest absolute Gasteiger partial charge is 0.472 e. The van der Waals surface area contributed by atoms with Crippen LogP contribution in [-0.2, 0) is 32.7 Å². The Morgan fingerprint density at radius 2 is 1.00 bits per heavy atom. The van der Waals surface area contributed by atoms with E-state index in [1.54, 1.807) is 6.08 Å². The highest BCUT2D eigenvalue weighted by atomic mass is 31.2. The fraction of sp³-hybridized carbons (Fsp3) is 0.511. The Hall–Kier alpha value is -3.59. The first-order chi connectivity index (χ1) is 26.8. The van der Waals surface area contributed by atoms with Gasteiger partial charge in [0.05, 0.1) is 19.6 Å². The Balaban J connectivity index is 4.42. The Labute approximate surface area is 332 Å². The van der Waals surface area contributed by atoms with Crippen LogP contribution in [0.15, 0.2) is 122 Å². The standard InChI is InChI=1S/C45H70NO8P/c1-3-5-7-9-11-13-15-17-19-20-21-22-24-26-28-30-32-34-36-38-45(48)54-43(42-53-55(49,50)52-40-39-46)41-51-44(47)37-35-33-31-29-27-25-23-18-16-14-12-10-8-6-4-2/h5-8,11-14,17-19,21-23,26-29,33,35,43H,3-4,9-10,15-16,20,24-25,30-32,34,36-42,46H2,1-2H3,(H,49,50)/b7-5-,8-6-,13-11-,14-12-,19-17-,22-21-,23-18-,28-26-,29-27-,35-33-. The molecule has 0 heterocycles. The second kappa shape index (κ2) is 40.1. The molecule has 0 aromatic rings. The second-order valence-electron chi connectivity index (χ2n) is 12.4. The van der Waals surface area contributed by atoms with Gasteiger partial charge in [-0.1, -0.05) is 142 Å². The molecule has 0 aromatic heterocycles. The molecule has 0 spiro atoms. The zero-order valence-corrected chi connectivity index (χ0v) is 34.5. The zero-order valence-electron chi connectivity index (χ0n) is 33.6. The van der Waals surface area contributed by atoms with E-state index >= 15 is 0 Å². The number of unbranched alkanes of at least 4 members (excludes halogenated alkanes) is 3. The van der Waals surface area contributed by atoms with Gasteiger partial charge in [-0.2, -0.15) is 0 Å². The molecular formula is C45H70NO8P. The van der Waals surface area contributed by atoms with Gasteiger partial charge in [0, 0.05) is 13.0 Å². The van der Waals surface area contributed by atoms with Crippen molar-refractivity contribution in [3.05, 3.63) is 122 Å². The van der Waals surface area contributed by atoms with Gasteiger partial charge in [-0.25, -0.2) is 4.57 Å². The number of allylic oxidation sites excluding steroid dienone is 19. The summed E-state index contributed by atoms with van der Waals surface area (Å²) in [5.41, 5.74) is 5.33. The van der Waals surface area contributed by atoms with E-state index in [0.29, 0.717) is 12.8 Å². The van der Waals surface area contributed by atoms with Crippen molar-refractivity contribution in [1.82, 2.24) is 0 Å². The first-order valence-corrected chi connectivity index (χ1v) is 21.5. The maximum atomic E-state index is 12.5. The van der Waals surface area contributed by atoms with Gasteiger partial charge in [0.2, 0.25) is 0 Å². The summed E-state index contributed by atoms with van der Waals surface area (Å²) in [6.45, 7) is 3.30. The van der Waals surface area contributed by atoms with E-state index in [9.17, 15) is 19.0 Å². The third-order valence-electron chi connectivity index (χ3n) is 7.38. The molecule has 0 radical (unpaired) electrons. The van der Waals surface area contributed by atoms with Gasteiger partial charge < -0.3 is 20.1 Å². The van der Waals surface area contributed by atoms with Crippen LogP contribution < -0.4 is 5.73 Å². The summed E-state index contributed by atoms with van der Waals surface area (Å²) in [6, 6.07) is 0. The Morgan fingerprint density at radius 1 is 0.564 bits per heavy atom. The van der Waals surface area contributed by atoms with E-state index in [0.717, 1.165) is 77.0 Å². The van der Waals surface area contributed by atoms with Gasteiger partial charge in [-0.3, -0.25) is 18.6 Å². The average Bonchev–Trinajstić information content (AvgIpc) is 3.17. The van der Waals surface area contributed by atoms with Crippen molar-refractivity contribution in [1.29, 1.82) is 0 Å². The monoisotopic (exact) mass is 783 g/mol. The molecular weight excluding hydrogens is 713 g/mol. The molecule has 0 amide bonds. The molecule has 0 bridgehead atoms. The number of ether oxygens (including phenoxy) is 2. The van der Waals surface area contributed by atoms with Crippen molar-refractivity contribution in [3.8, 4) is 0 Å². The van der Waals surface area contributed by atoms with Gasteiger partial charge in [0.25, 0.3) is 0 Å². The third kappa shape index (κ3) is 39.9. The lowest BCUT2D eigenvalue weighted by molar-refractivity contribution is -0.160. The smallest absolute Gasteiger partial charge is 0.461 e. The molecule has 3 N–H and O–H groups in total. The van der Waals surface area contributed by atoms with Gasteiger partial charge in [-0.05, 0) is 83.5 Å². The van der Waals surface area contributed by atoms with Crippen LogP contribution in [0.5, 0.6) is 0 Å². The summed E-state index contributed by atoms with van der Waals surface area (Å²) in [5.74, 6) is -1.03. The molecule has 0 aliphatic heterocycles. The fourth-order valence-electron chi connectivity index (χ4n) is 4.50. The second-order valence-corrected chi connectivity index (χ2v) is 13.9. The number of phosphoric acid groups is 1. The minimum absolute atomic E-state index is 0.0286. The average molecular weight is 784 g/mol. The zero-order chi connectivity index (χ0) is 40.3. The predicted octanol–water partition coefficient (Wildman–Crippen LogP) is 11.4. The van der Waals surface area contributed by atoms with Gasteiger partial charge >= 0.3 is 19.8 Å².